The molecule has 1 aliphatic carbocycles. The lowest BCUT2D eigenvalue weighted by Crippen LogP contribution is -2.47. The minimum atomic E-state index is -0.309. The van der Waals surface area contributed by atoms with Gasteiger partial charge in [0.2, 0.25) is 5.91 Å². The largest absolute Gasteiger partial charge is 0.329 e. The van der Waals surface area contributed by atoms with E-state index >= 15 is 0 Å². The standard InChI is InChI=1S/C13H17IN2O/c1-9-3-4-10(7-11(9)14)16-12(17)13(8-15)5-2-6-13/h3-4,7H,2,5-6,8,15H2,1H3,(H,16,17). The highest BCUT2D eigenvalue weighted by atomic mass is 127. The van der Waals surface area contributed by atoms with Crippen molar-refractivity contribution in [1.82, 2.24) is 0 Å². The molecule has 1 aliphatic rings. The van der Waals surface area contributed by atoms with Gasteiger partial charge in [-0.2, -0.15) is 0 Å². The molecule has 4 heteroatoms. The number of anilines is 1. The zero-order valence-electron chi connectivity index (χ0n) is 9.92. The van der Waals surface area contributed by atoms with Crippen LogP contribution >= 0.6 is 22.6 Å². The van der Waals surface area contributed by atoms with E-state index in [9.17, 15) is 4.79 Å². The highest BCUT2D eigenvalue weighted by molar-refractivity contribution is 14.1. The third-order valence-corrected chi connectivity index (χ3v) is 4.77. The lowest BCUT2D eigenvalue weighted by atomic mass is 9.68. The summed E-state index contributed by atoms with van der Waals surface area (Å²) in [4.78, 5) is 12.2. The molecule has 92 valence electrons. The maximum Gasteiger partial charge on any atom is 0.231 e. The lowest BCUT2D eigenvalue weighted by Gasteiger charge is -2.39. The number of carbonyl (C=O) groups excluding carboxylic acids is 1. The minimum Gasteiger partial charge on any atom is -0.329 e. The van der Waals surface area contributed by atoms with Crippen molar-refractivity contribution in [2.24, 2.45) is 11.1 Å². The van der Waals surface area contributed by atoms with Crippen LogP contribution in [0.25, 0.3) is 0 Å². The van der Waals surface area contributed by atoms with Crippen LogP contribution in [0.1, 0.15) is 24.8 Å². The molecule has 0 atom stereocenters. The quantitative estimate of drug-likeness (QED) is 0.829. The zero-order chi connectivity index (χ0) is 12.5. The highest BCUT2D eigenvalue weighted by Crippen LogP contribution is 2.40. The van der Waals surface area contributed by atoms with Crippen LogP contribution in [0.15, 0.2) is 18.2 Å². The normalized spacial score (nSPS) is 17.4. The van der Waals surface area contributed by atoms with Crippen molar-refractivity contribution in [3.8, 4) is 0 Å². The second-order valence-corrected chi connectivity index (χ2v) is 5.92. The summed E-state index contributed by atoms with van der Waals surface area (Å²) in [6.07, 6.45) is 2.94. The Hall–Kier alpha value is -0.620. The van der Waals surface area contributed by atoms with Crippen LogP contribution < -0.4 is 11.1 Å². The van der Waals surface area contributed by atoms with E-state index in [0.29, 0.717) is 6.54 Å². The first-order chi connectivity index (χ1) is 8.07. The average molecular weight is 344 g/mol. The van der Waals surface area contributed by atoms with Gasteiger partial charge in [-0.05, 0) is 60.1 Å². The van der Waals surface area contributed by atoms with Crippen LogP contribution in [-0.2, 0) is 4.79 Å². The Bertz CT molecular complexity index is 436. The Morgan fingerprint density at radius 1 is 1.53 bits per heavy atom. The number of aryl methyl sites for hydroxylation is 1. The summed E-state index contributed by atoms with van der Waals surface area (Å²) in [5.74, 6) is 0.0749. The zero-order valence-corrected chi connectivity index (χ0v) is 12.1. The van der Waals surface area contributed by atoms with Crippen molar-refractivity contribution >= 4 is 34.2 Å². The summed E-state index contributed by atoms with van der Waals surface area (Å²) in [6, 6.07) is 5.96. The molecule has 1 saturated carbocycles. The van der Waals surface area contributed by atoms with E-state index < -0.39 is 0 Å². The molecule has 0 aromatic heterocycles. The van der Waals surface area contributed by atoms with E-state index in [1.54, 1.807) is 0 Å². The van der Waals surface area contributed by atoms with Gasteiger partial charge < -0.3 is 11.1 Å². The lowest BCUT2D eigenvalue weighted by molar-refractivity contribution is -0.129. The predicted molar refractivity (Wildman–Crippen MR) is 77.9 cm³/mol. The molecule has 3 N–H and O–H groups in total. The van der Waals surface area contributed by atoms with Gasteiger partial charge in [-0.25, -0.2) is 0 Å². The molecule has 0 spiro atoms. The van der Waals surface area contributed by atoms with Crippen LogP contribution in [0.3, 0.4) is 0 Å². The molecule has 0 radical (unpaired) electrons. The molecule has 2 rings (SSSR count). The van der Waals surface area contributed by atoms with E-state index in [0.717, 1.165) is 28.5 Å². The Kier molecular flexibility index (Phi) is 3.73. The highest BCUT2D eigenvalue weighted by Gasteiger charge is 2.42. The number of hydrogen-bond acceptors (Lipinski definition) is 2. The van der Waals surface area contributed by atoms with E-state index in [1.165, 1.54) is 5.56 Å². The molecule has 1 fully saturated rings. The van der Waals surface area contributed by atoms with Crippen LogP contribution in [0.2, 0.25) is 0 Å². The fourth-order valence-electron chi connectivity index (χ4n) is 2.06. The number of rotatable bonds is 3. The number of carbonyl (C=O) groups is 1. The predicted octanol–water partition coefficient (Wildman–Crippen LogP) is 2.67. The van der Waals surface area contributed by atoms with Crippen molar-refractivity contribution in [2.45, 2.75) is 26.2 Å². The summed E-state index contributed by atoms with van der Waals surface area (Å²) >= 11 is 2.27. The Labute approximate surface area is 115 Å². The first kappa shape index (κ1) is 12.8. The average Bonchev–Trinajstić information content (AvgIpc) is 2.23. The fourth-order valence-corrected chi connectivity index (χ4v) is 2.58. The van der Waals surface area contributed by atoms with Crippen molar-refractivity contribution in [3.05, 3.63) is 27.3 Å². The van der Waals surface area contributed by atoms with Gasteiger partial charge in [-0.1, -0.05) is 12.5 Å². The van der Waals surface area contributed by atoms with Crippen molar-refractivity contribution in [1.29, 1.82) is 0 Å². The van der Waals surface area contributed by atoms with E-state index in [1.807, 2.05) is 18.2 Å². The third-order valence-electron chi connectivity index (χ3n) is 3.61. The molecule has 0 bridgehead atoms. The minimum absolute atomic E-state index is 0.0749. The van der Waals surface area contributed by atoms with Gasteiger partial charge in [-0.3, -0.25) is 4.79 Å². The van der Waals surface area contributed by atoms with Crippen molar-refractivity contribution in [2.75, 3.05) is 11.9 Å². The second kappa shape index (κ2) is 4.94. The van der Waals surface area contributed by atoms with E-state index in [-0.39, 0.29) is 11.3 Å². The van der Waals surface area contributed by atoms with Crippen molar-refractivity contribution in [3.63, 3.8) is 0 Å². The topological polar surface area (TPSA) is 55.1 Å². The molecular weight excluding hydrogens is 327 g/mol. The Morgan fingerprint density at radius 2 is 2.24 bits per heavy atom. The van der Waals surface area contributed by atoms with Crippen LogP contribution in [0.5, 0.6) is 0 Å². The van der Waals surface area contributed by atoms with Gasteiger partial charge in [0.25, 0.3) is 0 Å². The summed E-state index contributed by atoms with van der Waals surface area (Å²) < 4.78 is 1.16. The van der Waals surface area contributed by atoms with E-state index in [4.69, 9.17) is 5.73 Å². The molecule has 0 saturated heterocycles. The number of amides is 1. The molecule has 1 aromatic carbocycles. The molecule has 0 unspecified atom stereocenters. The summed E-state index contributed by atoms with van der Waals surface area (Å²) in [5, 5.41) is 2.98. The van der Waals surface area contributed by atoms with Gasteiger partial charge in [0.1, 0.15) is 0 Å². The molecule has 1 amide bonds. The molecule has 0 aliphatic heterocycles. The van der Waals surface area contributed by atoms with Gasteiger partial charge >= 0.3 is 0 Å². The molecule has 3 nitrogen and oxygen atoms in total. The number of halogens is 1. The first-order valence-electron chi connectivity index (χ1n) is 5.85. The van der Waals surface area contributed by atoms with Gasteiger partial charge in [0.15, 0.2) is 0 Å². The second-order valence-electron chi connectivity index (χ2n) is 4.76. The molecular formula is C13H17IN2O. The summed E-state index contributed by atoms with van der Waals surface area (Å²) in [5.41, 5.74) is 7.49. The van der Waals surface area contributed by atoms with Gasteiger partial charge in [0.05, 0.1) is 5.41 Å². The van der Waals surface area contributed by atoms with Gasteiger partial charge in [-0.15, -0.1) is 0 Å². The summed E-state index contributed by atoms with van der Waals surface area (Å²) in [7, 11) is 0. The molecule has 17 heavy (non-hydrogen) atoms. The smallest absolute Gasteiger partial charge is 0.231 e. The molecule has 0 heterocycles. The van der Waals surface area contributed by atoms with E-state index in [2.05, 4.69) is 34.8 Å². The monoisotopic (exact) mass is 344 g/mol. The SMILES string of the molecule is Cc1ccc(NC(=O)C2(CN)CCC2)cc1I. The maximum atomic E-state index is 12.2. The van der Waals surface area contributed by atoms with Gasteiger partial charge in [0, 0.05) is 15.8 Å². The Morgan fingerprint density at radius 3 is 2.71 bits per heavy atom. The fraction of sp³-hybridized carbons (Fsp3) is 0.462. The van der Waals surface area contributed by atoms with Crippen LogP contribution in [0.4, 0.5) is 5.69 Å². The van der Waals surface area contributed by atoms with Crippen molar-refractivity contribution < 1.29 is 4.79 Å². The number of hydrogen-bond donors (Lipinski definition) is 2. The Balaban J connectivity index is 2.10. The maximum absolute atomic E-state index is 12.2. The number of benzene rings is 1. The van der Waals surface area contributed by atoms with Crippen LogP contribution in [-0.4, -0.2) is 12.5 Å². The first-order valence-corrected chi connectivity index (χ1v) is 6.93. The van der Waals surface area contributed by atoms with Crippen LogP contribution in [0, 0.1) is 15.9 Å². The molecule has 1 aromatic rings. The third kappa shape index (κ3) is 2.47. The number of nitrogens with two attached hydrogens (primary N) is 1. The number of nitrogens with one attached hydrogen (secondary N) is 1. The summed E-state index contributed by atoms with van der Waals surface area (Å²) in [6.45, 7) is 2.50.